The van der Waals surface area contributed by atoms with Crippen LogP contribution in [-0.4, -0.2) is 0 Å². The molecule has 110 valence electrons. The molecule has 0 aromatic heterocycles. The van der Waals surface area contributed by atoms with Crippen LogP contribution in [0.4, 0.5) is 4.39 Å². The first-order valence-electron chi connectivity index (χ1n) is 7.70. The van der Waals surface area contributed by atoms with E-state index in [0.717, 1.165) is 31.4 Å². The SMILES string of the molecule is Cc1ccc(OC2(c3ccccc3F)CCCCC2)cc1. The van der Waals surface area contributed by atoms with Crippen LogP contribution >= 0.6 is 0 Å². The molecule has 0 atom stereocenters. The molecule has 2 aromatic rings. The lowest BCUT2D eigenvalue weighted by atomic mass is 9.79. The highest BCUT2D eigenvalue weighted by Crippen LogP contribution is 2.42. The summed E-state index contributed by atoms with van der Waals surface area (Å²) in [5.41, 5.74) is 1.38. The molecule has 1 fully saturated rings. The number of benzene rings is 2. The van der Waals surface area contributed by atoms with Crippen molar-refractivity contribution in [3.05, 3.63) is 65.5 Å². The first-order chi connectivity index (χ1) is 10.2. The van der Waals surface area contributed by atoms with Gasteiger partial charge in [0, 0.05) is 5.56 Å². The molecule has 0 saturated heterocycles. The second-order valence-corrected chi connectivity index (χ2v) is 5.95. The molecule has 1 aliphatic rings. The minimum Gasteiger partial charge on any atom is -0.482 e. The zero-order valence-electron chi connectivity index (χ0n) is 12.4. The van der Waals surface area contributed by atoms with Crippen molar-refractivity contribution in [1.82, 2.24) is 0 Å². The van der Waals surface area contributed by atoms with Crippen LogP contribution in [-0.2, 0) is 5.60 Å². The topological polar surface area (TPSA) is 9.23 Å². The van der Waals surface area contributed by atoms with Crippen LogP contribution < -0.4 is 4.74 Å². The first-order valence-corrected chi connectivity index (χ1v) is 7.70. The van der Waals surface area contributed by atoms with Crippen LogP contribution in [0.3, 0.4) is 0 Å². The Morgan fingerprint density at radius 2 is 1.57 bits per heavy atom. The molecule has 0 radical (unpaired) electrons. The number of aryl methyl sites for hydroxylation is 1. The Morgan fingerprint density at radius 3 is 2.24 bits per heavy atom. The molecule has 0 unspecified atom stereocenters. The van der Waals surface area contributed by atoms with Crippen molar-refractivity contribution in [3.63, 3.8) is 0 Å². The summed E-state index contributed by atoms with van der Waals surface area (Å²) in [6.07, 6.45) is 5.12. The Balaban J connectivity index is 1.97. The molecule has 2 heteroatoms. The minimum atomic E-state index is -0.515. The van der Waals surface area contributed by atoms with E-state index in [-0.39, 0.29) is 5.82 Å². The lowest BCUT2D eigenvalue weighted by molar-refractivity contribution is 0.0230. The molecule has 0 heterocycles. The Kier molecular flexibility index (Phi) is 3.96. The average Bonchev–Trinajstić information content (AvgIpc) is 2.51. The van der Waals surface area contributed by atoms with E-state index in [2.05, 4.69) is 6.92 Å². The van der Waals surface area contributed by atoms with Crippen LogP contribution in [0.25, 0.3) is 0 Å². The number of rotatable bonds is 3. The maximum absolute atomic E-state index is 14.3. The van der Waals surface area contributed by atoms with Gasteiger partial charge in [-0.05, 0) is 50.8 Å². The van der Waals surface area contributed by atoms with E-state index >= 15 is 0 Å². The fraction of sp³-hybridized carbons (Fsp3) is 0.368. The van der Waals surface area contributed by atoms with Crippen molar-refractivity contribution < 1.29 is 9.13 Å². The Bertz CT molecular complexity index is 597. The zero-order valence-corrected chi connectivity index (χ0v) is 12.4. The zero-order chi connectivity index (χ0) is 14.7. The predicted octanol–water partition coefficient (Wildman–Crippen LogP) is 5.37. The van der Waals surface area contributed by atoms with Crippen molar-refractivity contribution in [1.29, 1.82) is 0 Å². The Hall–Kier alpha value is -1.83. The second-order valence-electron chi connectivity index (χ2n) is 5.95. The van der Waals surface area contributed by atoms with Gasteiger partial charge in [-0.3, -0.25) is 0 Å². The highest BCUT2D eigenvalue weighted by molar-refractivity contribution is 5.31. The first kappa shape index (κ1) is 14.1. The molecule has 0 N–H and O–H groups in total. The summed E-state index contributed by atoms with van der Waals surface area (Å²) in [6.45, 7) is 2.05. The van der Waals surface area contributed by atoms with Crippen LogP contribution in [0.5, 0.6) is 5.75 Å². The summed E-state index contributed by atoms with van der Waals surface area (Å²) < 4.78 is 20.6. The maximum Gasteiger partial charge on any atom is 0.137 e. The maximum atomic E-state index is 14.3. The van der Waals surface area contributed by atoms with Gasteiger partial charge in [-0.1, -0.05) is 42.3 Å². The second kappa shape index (κ2) is 5.88. The van der Waals surface area contributed by atoms with Crippen molar-refractivity contribution in [2.75, 3.05) is 0 Å². The molecular weight excluding hydrogens is 263 g/mol. The monoisotopic (exact) mass is 284 g/mol. The third-order valence-electron chi connectivity index (χ3n) is 4.36. The molecule has 0 aliphatic heterocycles. The molecule has 3 rings (SSSR count). The van der Waals surface area contributed by atoms with Gasteiger partial charge in [0.05, 0.1) is 0 Å². The minimum absolute atomic E-state index is 0.161. The van der Waals surface area contributed by atoms with Gasteiger partial charge in [0.15, 0.2) is 0 Å². The fourth-order valence-electron chi connectivity index (χ4n) is 3.21. The molecule has 0 bridgehead atoms. The van der Waals surface area contributed by atoms with Gasteiger partial charge in [0.25, 0.3) is 0 Å². The molecule has 0 amide bonds. The van der Waals surface area contributed by atoms with Gasteiger partial charge in [-0.25, -0.2) is 4.39 Å². The van der Waals surface area contributed by atoms with Gasteiger partial charge in [0.2, 0.25) is 0 Å². The number of halogens is 1. The van der Waals surface area contributed by atoms with Crippen molar-refractivity contribution >= 4 is 0 Å². The van der Waals surface area contributed by atoms with Gasteiger partial charge in [-0.2, -0.15) is 0 Å². The summed E-state index contributed by atoms with van der Waals surface area (Å²) >= 11 is 0. The number of hydrogen-bond acceptors (Lipinski definition) is 1. The van der Waals surface area contributed by atoms with E-state index in [0.29, 0.717) is 5.56 Å². The van der Waals surface area contributed by atoms with Gasteiger partial charge >= 0.3 is 0 Å². The van der Waals surface area contributed by atoms with Crippen molar-refractivity contribution in [3.8, 4) is 5.75 Å². The van der Waals surface area contributed by atoms with Crippen molar-refractivity contribution in [2.45, 2.75) is 44.6 Å². The molecule has 1 nitrogen and oxygen atoms in total. The smallest absolute Gasteiger partial charge is 0.137 e. The lowest BCUT2D eigenvalue weighted by Crippen LogP contribution is -2.36. The number of hydrogen-bond donors (Lipinski definition) is 0. The van der Waals surface area contributed by atoms with Gasteiger partial charge in [0.1, 0.15) is 17.2 Å². The quantitative estimate of drug-likeness (QED) is 0.736. The van der Waals surface area contributed by atoms with Crippen LogP contribution in [0.2, 0.25) is 0 Å². The Morgan fingerprint density at radius 1 is 0.905 bits per heavy atom. The van der Waals surface area contributed by atoms with Crippen LogP contribution in [0.15, 0.2) is 48.5 Å². The van der Waals surface area contributed by atoms with Crippen molar-refractivity contribution in [2.24, 2.45) is 0 Å². The third kappa shape index (κ3) is 2.94. The summed E-state index contributed by atoms with van der Waals surface area (Å²) in [5, 5.41) is 0. The summed E-state index contributed by atoms with van der Waals surface area (Å²) in [7, 11) is 0. The highest BCUT2D eigenvalue weighted by Gasteiger charge is 2.38. The molecule has 0 spiro atoms. The van der Waals surface area contributed by atoms with E-state index < -0.39 is 5.60 Å². The van der Waals surface area contributed by atoms with Crippen LogP contribution in [0, 0.1) is 12.7 Å². The van der Waals surface area contributed by atoms with E-state index in [9.17, 15) is 4.39 Å². The van der Waals surface area contributed by atoms with E-state index in [1.54, 1.807) is 6.07 Å². The molecule has 2 aromatic carbocycles. The predicted molar refractivity (Wildman–Crippen MR) is 83.0 cm³/mol. The van der Waals surface area contributed by atoms with Crippen LogP contribution in [0.1, 0.15) is 43.2 Å². The van der Waals surface area contributed by atoms with E-state index in [1.807, 2.05) is 36.4 Å². The van der Waals surface area contributed by atoms with E-state index in [4.69, 9.17) is 4.74 Å². The standard InChI is InChI=1S/C19H21FO/c1-15-9-11-16(12-10-15)21-19(13-5-2-6-14-19)17-7-3-4-8-18(17)20/h3-4,7-12H,2,5-6,13-14H2,1H3. The normalized spacial score (nSPS) is 17.4. The molecular formula is C19H21FO. The van der Waals surface area contributed by atoms with Gasteiger partial charge < -0.3 is 4.74 Å². The summed E-state index contributed by atoms with van der Waals surface area (Å²) in [6, 6.07) is 15.1. The summed E-state index contributed by atoms with van der Waals surface area (Å²) in [5.74, 6) is 0.664. The molecule has 1 aliphatic carbocycles. The third-order valence-corrected chi connectivity index (χ3v) is 4.36. The number of ether oxygens (including phenoxy) is 1. The van der Waals surface area contributed by atoms with Gasteiger partial charge in [-0.15, -0.1) is 0 Å². The average molecular weight is 284 g/mol. The molecule has 21 heavy (non-hydrogen) atoms. The highest BCUT2D eigenvalue weighted by atomic mass is 19.1. The largest absolute Gasteiger partial charge is 0.482 e. The molecule has 1 saturated carbocycles. The fourth-order valence-corrected chi connectivity index (χ4v) is 3.21. The lowest BCUT2D eigenvalue weighted by Gasteiger charge is -2.38. The van der Waals surface area contributed by atoms with E-state index in [1.165, 1.54) is 18.1 Å². The Labute approximate surface area is 125 Å². The summed E-state index contributed by atoms with van der Waals surface area (Å²) in [4.78, 5) is 0.